The molecular formula is C7H5Cl2N3O. The first-order chi connectivity index (χ1) is 6.16. The molecule has 2 rings (SSSR count). The topological polar surface area (TPSA) is 41.7 Å². The lowest BCUT2D eigenvalue weighted by molar-refractivity contribution is -0.463. The van der Waals surface area contributed by atoms with E-state index in [1.165, 1.54) is 0 Å². The molecule has 6 heteroatoms. The van der Waals surface area contributed by atoms with E-state index in [1.807, 2.05) is 0 Å². The Bertz CT molecular complexity index is 380. The molecule has 1 aliphatic rings. The Morgan fingerprint density at radius 3 is 3.08 bits per heavy atom. The third kappa shape index (κ3) is 1.55. The number of fused-ring (bicyclic) bond motifs is 1. The maximum absolute atomic E-state index is 11.2. The highest BCUT2D eigenvalue weighted by molar-refractivity contribution is 6.30. The van der Waals surface area contributed by atoms with Gasteiger partial charge in [0.25, 0.3) is 0 Å². The number of hydrogen-bond acceptors (Lipinski definition) is 3. The molecule has 0 saturated carbocycles. The van der Waals surface area contributed by atoms with Crippen LogP contribution in [0.3, 0.4) is 0 Å². The van der Waals surface area contributed by atoms with Gasteiger partial charge in [0.1, 0.15) is 5.22 Å². The van der Waals surface area contributed by atoms with Crippen LogP contribution in [0.1, 0.15) is 5.56 Å². The largest absolute Gasteiger partial charge is 0.691 e. The van der Waals surface area contributed by atoms with E-state index in [4.69, 9.17) is 23.4 Å². The average Bonchev–Trinajstić information content (AvgIpc) is 2.02. The maximum atomic E-state index is 11.2. The molecule has 4 nitrogen and oxygen atoms in total. The van der Waals surface area contributed by atoms with Crippen molar-refractivity contribution in [2.45, 2.75) is 6.54 Å². The molecule has 68 valence electrons. The van der Waals surface area contributed by atoms with Crippen LogP contribution in [0.2, 0.25) is 5.02 Å². The minimum Gasteiger partial charge on any atom is -0.691 e. The average molecular weight is 218 g/mol. The molecule has 0 unspecified atom stereocenters. The molecule has 0 saturated heterocycles. The standard InChI is InChI=1S/C7H5Cl2N3O/c8-6-1-2-7-5(3-6)4-11(9)10-12(7)13/h1-3H,4H2. The summed E-state index contributed by atoms with van der Waals surface area (Å²) in [5, 5.41) is 15.3. The number of halogens is 2. The van der Waals surface area contributed by atoms with E-state index in [0.29, 0.717) is 22.1 Å². The van der Waals surface area contributed by atoms with E-state index >= 15 is 0 Å². The normalized spacial score (nSPS) is 15.2. The molecule has 0 radical (unpaired) electrons. The van der Waals surface area contributed by atoms with Crippen molar-refractivity contribution in [3.63, 3.8) is 0 Å². The Hall–Kier alpha value is -1.00. The van der Waals surface area contributed by atoms with Crippen LogP contribution in [0, 0.1) is 5.21 Å². The zero-order valence-corrected chi connectivity index (χ0v) is 7.96. The van der Waals surface area contributed by atoms with Gasteiger partial charge in [0.05, 0.1) is 0 Å². The van der Waals surface area contributed by atoms with Crippen LogP contribution in [0.15, 0.2) is 23.4 Å². The van der Waals surface area contributed by atoms with E-state index in [2.05, 4.69) is 5.22 Å². The molecule has 0 aromatic heterocycles. The molecule has 0 fully saturated rings. The van der Waals surface area contributed by atoms with Crippen molar-refractivity contribution >= 4 is 29.1 Å². The van der Waals surface area contributed by atoms with E-state index < -0.39 is 0 Å². The smallest absolute Gasteiger partial charge is 0.164 e. The minimum atomic E-state index is 0.385. The quantitative estimate of drug-likeness (QED) is 0.381. The third-order valence-corrected chi connectivity index (χ3v) is 2.15. The molecule has 0 amide bonds. The van der Waals surface area contributed by atoms with Crippen LogP contribution < -0.4 is 0 Å². The molecule has 0 atom stereocenters. The van der Waals surface area contributed by atoms with Gasteiger partial charge < -0.3 is 5.21 Å². The zero-order chi connectivity index (χ0) is 9.42. The lowest BCUT2D eigenvalue weighted by atomic mass is 10.2. The Kier molecular flexibility index (Phi) is 2.01. The fourth-order valence-corrected chi connectivity index (χ4v) is 1.56. The molecule has 1 heterocycles. The van der Waals surface area contributed by atoms with Crippen molar-refractivity contribution in [2.75, 3.05) is 0 Å². The molecular weight excluding hydrogens is 213 g/mol. The van der Waals surface area contributed by atoms with Crippen molar-refractivity contribution in [3.8, 4) is 0 Å². The van der Waals surface area contributed by atoms with Gasteiger partial charge in [-0.1, -0.05) is 16.1 Å². The molecule has 0 bridgehead atoms. The first-order valence-electron chi connectivity index (χ1n) is 3.57. The second kappa shape index (κ2) is 3.05. The van der Waals surface area contributed by atoms with Gasteiger partial charge >= 0.3 is 0 Å². The highest BCUT2D eigenvalue weighted by Crippen LogP contribution is 2.28. The Morgan fingerprint density at radius 1 is 1.54 bits per heavy atom. The summed E-state index contributed by atoms with van der Waals surface area (Å²) >= 11 is 11.3. The SMILES string of the molecule is [O-][N+]1=NN(Cl)Cc2cc(Cl)ccc21. The van der Waals surface area contributed by atoms with Gasteiger partial charge in [0.2, 0.25) is 0 Å². The zero-order valence-electron chi connectivity index (χ0n) is 6.44. The van der Waals surface area contributed by atoms with Crippen molar-refractivity contribution in [3.05, 3.63) is 34.0 Å². The third-order valence-electron chi connectivity index (χ3n) is 1.73. The molecule has 0 aliphatic carbocycles. The number of rotatable bonds is 0. The summed E-state index contributed by atoms with van der Waals surface area (Å²) in [5.74, 6) is 0. The minimum absolute atomic E-state index is 0.385. The van der Waals surface area contributed by atoms with Gasteiger partial charge in [0, 0.05) is 10.6 Å². The Labute approximate surface area is 84.6 Å². The molecule has 1 aromatic rings. The van der Waals surface area contributed by atoms with Crippen molar-refractivity contribution in [1.29, 1.82) is 0 Å². The molecule has 1 aliphatic heterocycles. The van der Waals surface area contributed by atoms with Crippen LogP contribution in [-0.2, 0) is 6.54 Å². The first kappa shape index (κ1) is 8.59. The predicted octanol–water partition coefficient (Wildman–Crippen LogP) is 2.82. The summed E-state index contributed by atoms with van der Waals surface area (Å²) in [6.07, 6.45) is 0. The number of hydrogen-bond donors (Lipinski definition) is 0. The molecule has 0 N–H and O–H groups in total. The van der Waals surface area contributed by atoms with Crippen LogP contribution in [0.25, 0.3) is 0 Å². The summed E-state index contributed by atoms with van der Waals surface area (Å²) in [7, 11) is 0. The fraction of sp³-hybridized carbons (Fsp3) is 0.143. The maximum Gasteiger partial charge on any atom is 0.164 e. The van der Waals surface area contributed by atoms with E-state index in [1.54, 1.807) is 18.2 Å². The summed E-state index contributed by atoms with van der Waals surface area (Å²) in [6, 6.07) is 4.97. The van der Waals surface area contributed by atoms with Gasteiger partial charge in [-0.2, -0.15) is 0 Å². The van der Waals surface area contributed by atoms with Crippen molar-refractivity contribution in [2.24, 2.45) is 5.22 Å². The van der Waals surface area contributed by atoms with Gasteiger partial charge in [-0.25, -0.2) is 0 Å². The van der Waals surface area contributed by atoms with E-state index in [9.17, 15) is 5.21 Å². The summed E-state index contributed by atoms with van der Waals surface area (Å²) in [4.78, 5) is 0.474. The van der Waals surface area contributed by atoms with Gasteiger partial charge in [0.15, 0.2) is 24.0 Å². The first-order valence-corrected chi connectivity index (χ1v) is 4.29. The summed E-state index contributed by atoms with van der Waals surface area (Å²) in [5.41, 5.74) is 1.26. The Balaban J connectivity index is 2.54. The number of benzene rings is 1. The van der Waals surface area contributed by atoms with E-state index in [-0.39, 0.29) is 0 Å². The number of nitrogens with zero attached hydrogens (tertiary/aromatic N) is 3. The van der Waals surface area contributed by atoms with Crippen LogP contribution in [-0.4, -0.2) is 9.39 Å². The highest BCUT2D eigenvalue weighted by Gasteiger charge is 2.20. The summed E-state index contributed by atoms with van der Waals surface area (Å²) in [6.45, 7) is 0.385. The fourth-order valence-electron chi connectivity index (χ4n) is 1.18. The second-order valence-corrected chi connectivity index (χ2v) is 3.46. The van der Waals surface area contributed by atoms with Crippen LogP contribution in [0.4, 0.5) is 5.69 Å². The van der Waals surface area contributed by atoms with Crippen molar-refractivity contribution < 1.29 is 4.86 Å². The molecule has 13 heavy (non-hydrogen) atoms. The summed E-state index contributed by atoms with van der Waals surface area (Å²) < 4.78 is 1.05. The van der Waals surface area contributed by atoms with Gasteiger partial charge in [-0.05, 0) is 18.2 Å². The highest BCUT2D eigenvalue weighted by atomic mass is 35.5. The van der Waals surface area contributed by atoms with Gasteiger partial charge in [-0.3, -0.25) is 0 Å². The Morgan fingerprint density at radius 2 is 2.31 bits per heavy atom. The van der Waals surface area contributed by atoms with Gasteiger partial charge in [-0.15, -0.1) is 4.86 Å². The molecule has 1 aromatic carbocycles. The monoisotopic (exact) mass is 217 g/mol. The lowest BCUT2D eigenvalue weighted by Crippen LogP contribution is -2.14. The van der Waals surface area contributed by atoms with E-state index in [0.717, 1.165) is 10.1 Å². The van der Waals surface area contributed by atoms with Crippen LogP contribution >= 0.6 is 23.4 Å². The second-order valence-electron chi connectivity index (χ2n) is 2.63. The lowest BCUT2D eigenvalue weighted by Gasteiger charge is -2.16. The predicted molar refractivity (Wildman–Crippen MR) is 48.6 cm³/mol. The molecule has 0 spiro atoms. The van der Waals surface area contributed by atoms with Crippen molar-refractivity contribution in [1.82, 2.24) is 4.53 Å². The van der Waals surface area contributed by atoms with Crippen LogP contribution in [0.5, 0.6) is 0 Å².